The average molecular weight is 315 g/mol. The highest BCUT2D eigenvalue weighted by molar-refractivity contribution is 6.80. The zero-order chi connectivity index (χ0) is 16.1. The van der Waals surface area contributed by atoms with E-state index >= 15 is 0 Å². The molecule has 0 heterocycles. The second kappa shape index (κ2) is 7.12. The monoisotopic (exact) mass is 315 g/mol. The lowest BCUT2D eigenvalue weighted by Gasteiger charge is -2.19. The van der Waals surface area contributed by atoms with Crippen LogP contribution in [0.1, 0.15) is 11.1 Å². The Morgan fingerprint density at radius 1 is 0.783 bits per heavy atom. The fourth-order valence-corrected chi connectivity index (χ4v) is 4.54. The van der Waals surface area contributed by atoms with Crippen molar-refractivity contribution in [1.29, 1.82) is 0 Å². The van der Waals surface area contributed by atoms with Gasteiger partial charge in [-0.15, -0.1) is 0 Å². The summed E-state index contributed by atoms with van der Waals surface area (Å²) in [7, 11) is -1.33. The van der Waals surface area contributed by atoms with Crippen LogP contribution in [-0.4, -0.2) is 9.04 Å². The molecule has 3 rings (SSSR count). The standard InChI is InChI=1S/C21H19OSi/c1-3-18-11-10-16-21(17(18)2)22-23(19-12-6-4-7-13-19)20-14-8-5-9-15-20/h3-16H,1H2,2H3. The second-order valence-corrected chi connectivity index (χ2v) is 7.35. The largest absolute Gasteiger partial charge is 0.532 e. The predicted octanol–water partition coefficient (Wildman–Crippen LogP) is 3.82. The van der Waals surface area contributed by atoms with Gasteiger partial charge in [-0.1, -0.05) is 85.5 Å². The Morgan fingerprint density at radius 2 is 1.35 bits per heavy atom. The van der Waals surface area contributed by atoms with Gasteiger partial charge in [0.2, 0.25) is 0 Å². The second-order valence-electron chi connectivity index (χ2n) is 5.34. The molecule has 0 N–H and O–H groups in total. The van der Waals surface area contributed by atoms with Gasteiger partial charge in [0.25, 0.3) is 0 Å². The molecule has 23 heavy (non-hydrogen) atoms. The van der Waals surface area contributed by atoms with E-state index in [0.29, 0.717) is 0 Å². The first-order chi connectivity index (χ1) is 11.3. The molecule has 0 spiro atoms. The molecule has 3 aromatic carbocycles. The van der Waals surface area contributed by atoms with Crippen molar-refractivity contribution in [3.05, 3.63) is 96.6 Å². The van der Waals surface area contributed by atoms with Gasteiger partial charge in [-0.05, 0) is 34.5 Å². The molecular weight excluding hydrogens is 296 g/mol. The zero-order valence-electron chi connectivity index (χ0n) is 13.2. The summed E-state index contributed by atoms with van der Waals surface area (Å²) in [6.07, 6.45) is 1.87. The third-order valence-corrected chi connectivity index (χ3v) is 5.97. The lowest BCUT2D eigenvalue weighted by Crippen LogP contribution is -2.47. The molecule has 0 fully saturated rings. The van der Waals surface area contributed by atoms with Crippen LogP contribution in [0, 0.1) is 6.92 Å². The van der Waals surface area contributed by atoms with E-state index in [2.05, 4.69) is 68.1 Å². The summed E-state index contributed by atoms with van der Waals surface area (Å²) < 4.78 is 6.51. The van der Waals surface area contributed by atoms with E-state index in [4.69, 9.17) is 4.43 Å². The summed E-state index contributed by atoms with van der Waals surface area (Å²) in [6.45, 7) is 5.97. The average Bonchev–Trinajstić information content (AvgIpc) is 2.62. The molecule has 0 aliphatic carbocycles. The predicted molar refractivity (Wildman–Crippen MR) is 99.8 cm³/mol. The molecule has 0 amide bonds. The van der Waals surface area contributed by atoms with E-state index in [-0.39, 0.29) is 0 Å². The fraction of sp³-hybridized carbons (Fsp3) is 0.0476. The van der Waals surface area contributed by atoms with Crippen LogP contribution in [0.4, 0.5) is 0 Å². The van der Waals surface area contributed by atoms with Gasteiger partial charge >= 0.3 is 9.04 Å². The molecule has 0 aliphatic rings. The van der Waals surface area contributed by atoms with E-state index in [0.717, 1.165) is 16.9 Å². The molecule has 0 unspecified atom stereocenters. The van der Waals surface area contributed by atoms with Crippen molar-refractivity contribution in [3.8, 4) is 5.75 Å². The summed E-state index contributed by atoms with van der Waals surface area (Å²) in [5.74, 6) is 0.934. The fourth-order valence-electron chi connectivity index (χ4n) is 2.54. The highest BCUT2D eigenvalue weighted by Crippen LogP contribution is 2.22. The van der Waals surface area contributed by atoms with Crippen molar-refractivity contribution in [2.45, 2.75) is 6.92 Å². The Hall–Kier alpha value is -2.58. The molecule has 113 valence electrons. The summed E-state index contributed by atoms with van der Waals surface area (Å²) in [5, 5.41) is 2.49. The Kier molecular flexibility index (Phi) is 4.74. The van der Waals surface area contributed by atoms with Crippen molar-refractivity contribution in [2.75, 3.05) is 0 Å². The third kappa shape index (κ3) is 3.43. The van der Waals surface area contributed by atoms with Crippen molar-refractivity contribution in [1.82, 2.24) is 0 Å². The maximum atomic E-state index is 6.51. The number of hydrogen-bond donors (Lipinski definition) is 0. The van der Waals surface area contributed by atoms with Crippen LogP contribution in [0.5, 0.6) is 5.75 Å². The van der Waals surface area contributed by atoms with Crippen LogP contribution in [0.25, 0.3) is 6.08 Å². The normalized spacial score (nSPS) is 10.5. The van der Waals surface area contributed by atoms with Crippen molar-refractivity contribution >= 4 is 25.5 Å². The van der Waals surface area contributed by atoms with Crippen LogP contribution in [0.3, 0.4) is 0 Å². The molecule has 0 aliphatic heterocycles. The van der Waals surface area contributed by atoms with Gasteiger partial charge in [-0.2, -0.15) is 0 Å². The molecule has 0 atom stereocenters. The molecular formula is C21H19OSi. The molecule has 2 heteroatoms. The van der Waals surface area contributed by atoms with Gasteiger partial charge in [0, 0.05) is 0 Å². The Labute approximate surface area is 139 Å². The first kappa shape index (κ1) is 15.3. The SMILES string of the molecule is C=Cc1cccc(O[Si](c2ccccc2)c2ccccc2)c1C. The first-order valence-electron chi connectivity index (χ1n) is 7.67. The minimum absolute atomic E-state index is 0.934. The lowest BCUT2D eigenvalue weighted by atomic mass is 10.1. The Morgan fingerprint density at radius 3 is 1.87 bits per heavy atom. The molecule has 0 bridgehead atoms. The zero-order valence-corrected chi connectivity index (χ0v) is 14.2. The maximum absolute atomic E-state index is 6.51. The van der Waals surface area contributed by atoms with E-state index in [9.17, 15) is 0 Å². The summed E-state index contributed by atoms with van der Waals surface area (Å²) in [5.41, 5.74) is 2.25. The van der Waals surface area contributed by atoms with Crippen molar-refractivity contribution in [3.63, 3.8) is 0 Å². The van der Waals surface area contributed by atoms with Crippen LogP contribution in [0.2, 0.25) is 0 Å². The molecule has 0 saturated carbocycles. The molecule has 0 saturated heterocycles. The highest BCUT2D eigenvalue weighted by atomic mass is 28.3. The molecule has 1 radical (unpaired) electrons. The first-order valence-corrected chi connectivity index (χ1v) is 9.08. The smallest absolute Gasteiger partial charge is 0.352 e. The van der Waals surface area contributed by atoms with Gasteiger partial charge in [0.1, 0.15) is 5.75 Å². The van der Waals surface area contributed by atoms with E-state index in [1.807, 2.05) is 30.3 Å². The molecule has 0 aromatic heterocycles. The Balaban J connectivity index is 2.02. The van der Waals surface area contributed by atoms with E-state index in [1.165, 1.54) is 10.4 Å². The number of rotatable bonds is 5. The van der Waals surface area contributed by atoms with E-state index in [1.54, 1.807) is 0 Å². The summed E-state index contributed by atoms with van der Waals surface area (Å²) >= 11 is 0. The van der Waals surface area contributed by atoms with Crippen molar-refractivity contribution in [2.24, 2.45) is 0 Å². The van der Waals surface area contributed by atoms with Crippen LogP contribution < -0.4 is 14.8 Å². The van der Waals surface area contributed by atoms with Crippen LogP contribution in [0.15, 0.2) is 85.4 Å². The van der Waals surface area contributed by atoms with Gasteiger partial charge in [0.15, 0.2) is 0 Å². The third-order valence-electron chi connectivity index (χ3n) is 3.83. The van der Waals surface area contributed by atoms with Crippen LogP contribution in [-0.2, 0) is 0 Å². The van der Waals surface area contributed by atoms with Gasteiger partial charge in [0.05, 0.1) is 0 Å². The van der Waals surface area contributed by atoms with Gasteiger partial charge in [-0.25, -0.2) is 0 Å². The maximum Gasteiger partial charge on any atom is 0.352 e. The van der Waals surface area contributed by atoms with Gasteiger partial charge in [-0.3, -0.25) is 0 Å². The minimum atomic E-state index is -1.33. The van der Waals surface area contributed by atoms with Crippen molar-refractivity contribution < 1.29 is 4.43 Å². The molecule has 1 nitrogen and oxygen atoms in total. The quantitative estimate of drug-likeness (QED) is 0.650. The number of benzene rings is 3. The van der Waals surface area contributed by atoms with Gasteiger partial charge < -0.3 is 4.43 Å². The lowest BCUT2D eigenvalue weighted by molar-refractivity contribution is 0.586. The summed E-state index contributed by atoms with van der Waals surface area (Å²) in [6, 6.07) is 27.1. The summed E-state index contributed by atoms with van der Waals surface area (Å²) in [4.78, 5) is 0. The van der Waals surface area contributed by atoms with E-state index < -0.39 is 9.04 Å². The van der Waals surface area contributed by atoms with Crippen LogP contribution >= 0.6 is 0 Å². The topological polar surface area (TPSA) is 9.23 Å². The number of hydrogen-bond acceptors (Lipinski definition) is 1. The highest BCUT2D eigenvalue weighted by Gasteiger charge is 2.22. The molecule has 3 aromatic rings. The minimum Gasteiger partial charge on any atom is -0.532 e. The Bertz CT molecular complexity index is 742.